The number of pyridine rings is 1. The number of nitro benzene ring substituents is 1. The van der Waals surface area contributed by atoms with Gasteiger partial charge in [-0.3, -0.25) is 10.1 Å². The average Bonchev–Trinajstić information content (AvgIpc) is 2.36. The number of nitrogens with zero attached hydrogens (tertiary/aromatic N) is 2. The number of nitrogens with two attached hydrogens (primary N) is 1. The number of nitrogen functional groups attached to an aromatic ring is 1. The van der Waals surface area contributed by atoms with E-state index in [2.05, 4.69) is 20.9 Å². The monoisotopic (exact) mass is 377 g/mol. The molecule has 0 saturated heterocycles. The van der Waals surface area contributed by atoms with E-state index in [1.54, 1.807) is 6.07 Å². The summed E-state index contributed by atoms with van der Waals surface area (Å²) in [6, 6.07) is 3.93. The van der Waals surface area contributed by atoms with Gasteiger partial charge in [-0.1, -0.05) is 23.2 Å². The Morgan fingerprint density at radius 1 is 1.30 bits per heavy atom. The summed E-state index contributed by atoms with van der Waals surface area (Å²) in [6.45, 7) is 0. The van der Waals surface area contributed by atoms with E-state index >= 15 is 0 Å². The summed E-state index contributed by atoms with van der Waals surface area (Å²) in [6.07, 6.45) is 1.36. The summed E-state index contributed by atoms with van der Waals surface area (Å²) in [5, 5.41) is 11.2. The topological polar surface area (TPSA) is 91.3 Å². The molecule has 0 amide bonds. The smallest absolute Gasteiger partial charge is 0.313 e. The van der Waals surface area contributed by atoms with Crippen molar-refractivity contribution < 1.29 is 9.66 Å². The van der Waals surface area contributed by atoms with Gasteiger partial charge in [0.25, 0.3) is 0 Å². The number of aromatic nitrogens is 1. The molecule has 1 heterocycles. The van der Waals surface area contributed by atoms with E-state index in [1.165, 1.54) is 12.3 Å². The molecule has 6 nitrogen and oxygen atoms in total. The maximum absolute atomic E-state index is 11.0. The summed E-state index contributed by atoms with van der Waals surface area (Å²) in [7, 11) is 0. The Kier molecular flexibility index (Phi) is 4.32. The highest BCUT2D eigenvalue weighted by atomic mass is 79.9. The third-order valence-electron chi connectivity index (χ3n) is 2.23. The average molecular weight is 379 g/mol. The molecule has 2 rings (SSSR count). The Morgan fingerprint density at radius 3 is 2.55 bits per heavy atom. The number of benzene rings is 1. The van der Waals surface area contributed by atoms with E-state index in [-0.39, 0.29) is 27.4 Å². The van der Waals surface area contributed by atoms with Crippen LogP contribution in [0.1, 0.15) is 0 Å². The summed E-state index contributed by atoms with van der Waals surface area (Å²) in [5.74, 6) is 0.0584. The quantitative estimate of drug-likeness (QED) is 0.629. The van der Waals surface area contributed by atoms with Crippen molar-refractivity contribution in [3.8, 4) is 11.6 Å². The Morgan fingerprint density at radius 2 is 1.95 bits per heavy atom. The second-order valence-electron chi connectivity index (χ2n) is 3.65. The molecule has 0 aliphatic rings. The Bertz CT molecular complexity index is 697. The normalized spacial score (nSPS) is 10.3. The van der Waals surface area contributed by atoms with Gasteiger partial charge in [0.15, 0.2) is 0 Å². The van der Waals surface area contributed by atoms with E-state index in [0.29, 0.717) is 10.2 Å². The van der Waals surface area contributed by atoms with Gasteiger partial charge in [-0.15, -0.1) is 0 Å². The van der Waals surface area contributed by atoms with Gasteiger partial charge >= 0.3 is 5.69 Å². The molecule has 2 N–H and O–H groups in total. The third-order valence-corrected chi connectivity index (χ3v) is 3.52. The van der Waals surface area contributed by atoms with Crippen LogP contribution in [-0.4, -0.2) is 9.91 Å². The van der Waals surface area contributed by atoms with Crippen LogP contribution in [0.2, 0.25) is 10.0 Å². The molecule has 0 bridgehead atoms. The van der Waals surface area contributed by atoms with Crippen LogP contribution in [-0.2, 0) is 0 Å². The number of ether oxygens (including phenoxy) is 1. The first-order chi connectivity index (χ1) is 9.38. The molecule has 0 saturated carbocycles. The molecule has 1 aromatic heterocycles. The molecule has 0 aliphatic carbocycles. The predicted molar refractivity (Wildman–Crippen MR) is 79.5 cm³/mol. The maximum Gasteiger partial charge on any atom is 0.313 e. The fourth-order valence-electron chi connectivity index (χ4n) is 1.36. The van der Waals surface area contributed by atoms with Crippen molar-refractivity contribution in [2.75, 3.05) is 5.73 Å². The van der Waals surface area contributed by atoms with Crippen molar-refractivity contribution in [1.29, 1.82) is 0 Å². The van der Waals surface area contributed by atoms with Gasteiger partial charge < -0.3 is 10.5 Å². The van der Waals surface area contributed by atoms with Crippen LogP contribution in [0.4, 0.5) is 11.4 Å². The zero-order valence-corrected chi connectivity index (χ0v) is 12.7. The molecule has 0 spiro atoms. The second-order valence-corrected chi connectivity index (χ2v) is 5.32. The predicted octanol–water partition coefficient (Wildman–Crippen LogP) is 4.43. The van der Waals surface area contributed by atoms with E-state index in [4.69, 9.17) is 33.7 Å². The van der Waals surface area contributed by atoms with Gasteiger partial charge in [0.05, 0.1) is 31.3 Å². The van der Waals surface area contributed by atoms with Crippen LogP contribution < -0.4 is 10.5 Å². The second kappa shape index (κ2) is 5.82. The molecule has 0 atom stereocenters. The molecule has 0 unspecified atom stereocenters. The minimum atomic E-state index is -0.622. The van der Waals surface area contributed by atoms with Gasteiger partial charge in [0, 0.05) is 12.1 Å². The number of halogens is 3. The Hall–Kier alpha value is -1.57. The highest BCUT2D eigenvalue weighted by Gasteiger charge is 2.20. The van der Waals surface area contributed by atoms with Crippen LogP contribution in [0.5, 0.6) is 11.6 Å². The van der Waals surface area contributed by atoms with Gasteiger partial charge in [-0.25, -0.2) is 4.98 Å². The number of rotatable bonds is 3. The molecular weight excluding hydrogens is 373 g/mol. The van der Waals surface area contributed by atoms with Gasteiger partial charge in [-0.05, 0) is 22.0 Å². The van der Waals surface area contributed by atoms with E-state index in [1.807, 2.05) is 0 Å². The van der Waals surface area contributed by atoms with Gasteiger partial charge in [0.1, 0.15) is 0 Å². The first kappa shape index (κ1) is 14.8. The van der Waals surface area contributed by atoms with Crippen molar-refractivity contribution in [3.63, 3.8) is 0 Å². The van der Waals surface area contributed by atoms with Crippen LogP contribution in [0.25, 0.3) is 0 Å². The van der Waals surface area contributed by atoms with Crippen molar-refractivity contribution in [3.05, 3.63) is 49.0 Å². The van der Waals surface area contributed by atoms with E-state index < -0.39 is 4.92 Å². The molecule has 0 radical (unpaired) electrons. The number of hydrogen-bond donors (Lipinski definition) is 1. The fourth-order valence-corrected chi connectivity index (χ4v) is 2.12. The van der Waals surface area contributed by atoms with Crippen LogP contribution in [0.3, 0.4) is 0 Å². The summed E-state index contributed by atoms with van der Waals surface area (Å²) >= 11 is 14.8. The zero-order chi connectivity index (χ0) is 14.9. The molecule has 0 fully saturated rings. The van der Waals surface area contributed by atoms with Gasteiger partial charge in [-0.2, -0.15) is 0 Å². The fraction of sp³-hybridized carbons (Fsp3) is 0. The molecule has 2 aromatic rings. The van der Waals surface area contributed by atoms with Crippen molar-refractivity contribution in [1.82, 2.24) is 4.98 Å². The SMILES string of the molecule is Nc1cnc(Oc2cc(Cl)c(Cl)cc2[N+](=O)[O-])c(Br)c1. The van der Waals surface area contributed by atoms with E-state index in [9.17, 15) is 10.1 Å². The molecule has 9 heteroatoms. The van der Waals surface area contributed by atoms with Crippen molar-refractivity contribution >= 4 is 50.5 Å². The van der Waals surface area contributed by atoms with Crippen LogP contribution in [0, 0.1) is 10.1 Å². The minimum absolute atomic E-state index is 0.0649. The lowest BCUT2D eigenvalue weighted by Crippen LogP contribution is -1.96. The molecule has 104 valence electrons. The summed E-state index contributed by atoms with van der Waals surface area (Å²) in [4.78, 5) is 14.3. The molecule has 20 heavy (non-hydrogen) atoms. The van der Waals surface area contributed by atoms with Gasteiger partial charge in [0.2, 0.25) is 11.6 Å². The van der Waals surface area contributed by atoms with Crippen LogP contribution in [0.15, 0.2) is 28.9 Å². The molecule has 1 aromatic carbocycles. The molecule has 0 aliphatic heterocycles. The maximum atomic E-state index is 11.0. The zero-order valence-electron chi connectivity index (χ0n) is 9.64. The number of nitro groups is 1. The highest BCUT2D eigenvalue weighted by Crippen LogP contribution is 2.39. The third kappa shape index (κ3) is 3.12. The molecular formula is C11H6BrCl2N3O3. The Balaban J connectivity index is 2.47. The van der Waals surface area contributed by atoms with Crippen LogP contribution >= 0.6 is 39.1 Å². The van der Waals surface area contributed by atoms with Crippen molar-refractivity contribution in [2.24, 2.45) is 0 Å². The first-order valence-corrected chi connectivity index (χ1v) is 6.65. The Labute approximate surface area is 131 Å². The van der Waals surface area contributed by atoms with Crippen molar-refractivity contribution in [2.45, 2.75) is 0 Å². The minimum Gasteiger partial charge on any atom is -0.431 e. The lowest BCUT2D eigenvalue weighted by atomic mass is 10.3. The largest absolute Gasteiger partial charge is 0.431 e. The standard InChI is InChI=1S/C11H6BrCl2N3O3/c12-6-1-5(15)4-16-11(6)20-10-3-8(14)7(13)2-9(10)17(18)19/h1-4H,15H2. The lowest BCUT2D eigenvalue weighted by Gasteiger charge is -2.08. The lowest BCUT2D eigenvalue weighted by molar-refractivity contribution is -0.385. The van der Waals surface area contributed by atoms with E-state index in [0.717, 1.165) is 6.07 Å². The summed E-state index contributed by atoms with van der Waals surface area (Å²) in [5.41, 5.74) is 5.66. The number of anilines is 1. The highest BCUT2D eigenvalue weighted by molar-refractivity contribution is 9.10. The number of hydrogen-bond acceptors (Lipinski definition) is 5. The summed E-state index contributed by atoms with van der Waals surface area (Å²) < 4.78 is 5.85. The first-order valence-electron chi connectivity index (χ1n) is 5.11.